The minimum Gasteiger partial charge on any atom is -0.365 e. The smallest absolute Gasteiger partial charge is 0.139 e. The Kier molecular flexibility index (Phi) is 4.35. The molecule has 3 nitrogen and oxygen atoms in total. The van der Waals surface area contributed by atoms with E-state index in [4.69, 9.17) is 28.2 Å². The van der Waals surface area contributed by atoms with Crippen molar-refractivity contribution < 1.29 is 0 Å². The molecule has 4 rings (SSSR count). The maximum atomic E-state index is 6.12. The summed E-state index contributed by atoms with van der Waals surface area (Å²) < 4.78 is 2.06. The first-order valence-electron chi connectivity index (χ1n) is 7.93. The third-order valence-corrected chi connectivity index (χ3v) is 4.76. The van der Waals surface area contributed by atoms with Gasteiger partial charge in [0.2, 0.25) is 0 Å². The van der Waals surface area contributed by atoms with Crippen molar-refractivity contribution in [1.82, 2.24) is 9.38 Å². The molecule has 2 aromatic heterocycles. The van der Waals surface area contributed by atoms with Gasteiger partial charge in [-0.2, -0.15) is 0 Å². The molecule has 0 radical (unpaired) electrons. The van der Waals surface area contributed by atoms with Crippen molar-refractivity contribution in [1.29, 1.82) is 0 Å². The Morgan fingerprint density at radius 2 is 1.68 bits per heavy atom. The summed E-state index contributed by atoms with van der Waals surface area (Å²) in [6, 6.07) is 21.8. The van der Waals surface area contributed by atoms with Crippen LogP contribution in [0.25, 0.3) is 16.9 Å². The Balaban J connectivity index is 1.73. The summed E-state index contributed by atoms with van der Waals surface area (Å²) in [4.78, 5) is 4.78. The van der Waals surface area contributed by atoms with Crippen LogP contribution in [0.5, 0.6) is 0 Å². The van der Waals surface area contributed by atoms with Crippen LogP contribution in [-0.4, -0.2) is 9.38 Å². The zero-order valence-corrected chi connectivity index (χ0v) is 14.8. The van der Waals surface area contributed by atoms with E-state index in [-0.39, 0.29) is 0 Å². The highest BCUT2D eigenvalue weighted by atomic mass is 35.5. The maximum absolute atomic E-state index is 6.12. The summed E-state index contributed by atoms with van der Waals surface area (Å²) in [5.41, 5.74) is 3.95. The molecule has 4 aromatic rings. The number of halogens is 2. The van der Waals surface area contributed by atoms with Crippen LogP contribution in [0.3, 0.4) is 0 Å². The fourth-order valence-corrected chi connectivity index (χ4v) is 3.12. The molecule has 0 bridgehead atoms. The van der Waals surface area contributed by atoms with Gasteiger partial charge < -0.3 is 5.32 Å². The van der Waals surface area contributed by atoms with E-state index in [1.807, 2.05) is 60.8 Å². The van der Waals surface area contributed by atoms with E-state index in [1.165, 1.54) is 0 Å². The van der Waals surface area contributed by atoms with Gasteiger partial charge in [0.05, 0.1) is 10.0 Å². The zero-order valence-electron chi connectivity index (χ0n) is 13.3. The van der Waals surface area contributed by atoms with Gasteiger partial charge in [-0.25, -0.2) is 4.98 Å². The molecule has 0 saturated heterocycles. The van der Waals surface area contributed by atoms with Gasteiger partial charge >= 0.3 is 0 Å². The van der Waals surface area contributed by atoms with Crippen LogP contribution in [0, 0.1) is 0 Å². The number of nitrogens with zero attached hydrogens (tertiary/aromatic N) is 2. The predicted octanol–water partition coefficient (Wildman–Crippen LogP) is 5.92. The van der Waals surface area contributed by atoms with Crippen LogP contribution in [0.15, 0.2) is 72.9 Å². The standard InChI is InChI=1S/C20H15Cl2N3/c21-16-10-9-14(12-17(16)22)13-23-20-19(15-6-2-1-3-7-15)24-18-8-4-5-11-25(18)20/h1-12,23H,13H2. The summed E-state index contributed by atoms with van der Waals surface area (Å²) in [5.74, 6) is 0.952. The fraction of sp³-hybridized carbons (Fsp3) is 0.0500. The van der Waals surface area contributed by atoms with Gasteiger partial charge in [-0.3, -0.25) is 4.40 Å². The summed E-state index contributed by atoms with van der Waals surface area (Å²) in [5, 5.41) is 4.61. The van der Waals surface area contributed by atoms with Gasteiger partial charge in [0.15, 0.2) is 0 Å². The highest BCUT2D eigenvalue weighted by Crippen LogP contribution is 2.29. The Hall–Kier alpha value is -2.49. The summed E-state index contributed by atoms with van der Waals surface area (Å²) in [6.45, 7) is 0.624. The number of nitrogens with one attached hydrogen (secondary N) is 1. The van der Waals surface area contributed by atoms with Crippen molar-refractivity contribution in [2.45, 2.75) is 6.54 Å². The second-order valence-corrected chi connectivity index (χ2v) is 6.52. The molecule has 5 heteroatoms. The van der Waals surface area contributed by atoms with Gasteiger partial charge in [0.25, 0.3) is 0 Å². The minimum atomic E-state index is 0.558. The number of hydrogen-bond donors (Lipinski definition) is 1. The predicted molar refractivity (Wildman–Crippen MR) is 104 cm³/mol. The third-order valence-electron chi connectivity index (χ3n) is 4.02. The topological polar surface area (TPSA) is 29.3 Å². The highest BCUT2D eigenvalue weighted by Gasteiger charge is 2.13. The molecule has 0 fully saturated rings. The highest BCUT2D eigenvalue weighted by molar-refractivity contribution is 6.42. The number of fused-ring (bicyclic) bond motifs is 1. The van der Waals surface area contributed by atoms with Crippen LogP contribution in [-0.2, 0) is 6.54 Å². The number of pyridine rings is 1. The average Bonchev–Trinajstić information content (AvgIpc) is 3.02. The second-order valence-electron chi connectivity index (χ2n) is 5.71. The van der Waals surface area contributed by atoms with Crippen molar-refractivity contribution in [3.05, 3.63) is 88.5 Å². The largest absolute Gasteiger partial charge is 0.365 e. The maximum Gasteiger partial charge on any atom is 0.139 e. The summed E-state index contributed by atoms with van der Waals surface area (Å²) >= 11 is 12.1. The van der Waals surface area contributed by atoms with Gasteiger partial charge in [-0.05, 0) is 29.8 Å². The molecule has 0 aliphatic heterocycles. The molecule has 124 valence electrons. The molecule has 0 unspecified atom stereocenters. The number of benzene rings is 2. The molecule has 25 heavy (non-hydrogen) atoms. The van der Waals surface area contributed by atoms with Crippen LogP contribution in [0.2, 0.25) is 10.0 Å². The van der Waals surface area contributed by atoms with E-state index in [2.05, 4.69) is 21.9 Å². The lowest BCUT2D eigenvalue weighted by Crippen LogP contribution is -2.03. The van der Waals surface area contributed by atoms with Gasteiger partial charge in [-0.15, -0.1) is 0 Å². The number of anilines is 1. The molecule has 0 aliphatic carbocycles. The van der Waals surface area contributed by atoms with E-state index in [1.54, 1.807) is 0 Å². The van der Waals surface area contributed by atoms with Gasteiger partial charge in [-0.1, -0.05) is 65.7 Å². The Labute approximate surface area is 155 Å². The minimum absolute atomic E-state index is 0.558. The van der Waals surface area contributed by atoms with E-state index in [0.717, 1.165) is 28.3 Å². The quantitative estimate of drug-likeness (QED) is 0.484. The Morgan fingerprint density at radius 3 is 2.48 bits per heavy atom. The molecule has 2 aromatic carbocycles. The fourth-order valence-electron chi connectivity index (χ4n) is 2.80. The third kappa shape index (κ3) is 3.21. The molecule has 0 amide bonds. The summed E-state index contributed by atoms with van der Waals surface area (Å²) in [7, 11) is 0. The van der Waals surface area contributed by atoms with Crippen LogP contribution < -0.4 is 5.32 Å². The van der Waals surface area contributed by atoms with Crippen molar-refractivity contribution in [3.63, 3.8) is 0 Å². The normalized spacial score (nSPS) is 11.0. The first-order chi connectivity index (χ1) is 12.2. The first kappa shape index (κ1) is 16.0. The van der Waals surface area contributed by atoms with Crippen LogP contribution in [0.1, 0.15) is 5.56 Å². The Morgan fingerprint density at radius 1 is 0.880 bits per heavy atom. The lowest BCUT2D eigenvalue weighted by atomic mass is 10.1. The molecule has 0 atom stereocenters. The number of rotatable bonds is 4. The number of hydrogen-bond acceptors (Lipinski definition) is 2. The van der Waals surface area contributed by atoms with Crippen LogP contribution in [0.4, 0.5) is 5.82 Å². The molecule has 1 N–H and O–H groups in total. The lowest BCUT2D eigenvalue weighted by Gasteiger charge is -2.10. The first-order valence-corrected chi connectivity index (χ1v) is 8.68. The molecule has 0 spiro atoms. The van der Waals surface area contributed by atoms with E-state index < -0.39 is 0 Å². The van der Waals surface area contributed by atoms with E-state index in [9.17, 15) is 0 Å². The number of imidazole rings is 1. The molecule has 0 saturated carbocycles. The lowest BCUT2D eigenvalue weighted by molar-refractivity contribution is 1.08. The average molecular weight is 368 g/mol. The zero-order chi connectivity index (χ0) is 17.2. The van der Waals surface area contributed by atoms with E-state index >= 15 is 0 Å². The van der Waals surface area contributed by atoms with E-state index in [0.29, 0.717) is 16.6 Å². The van der Waals surface area contributed by atoms with Gasteiger partial charge in [0.1, 0.15) is 17.2 Å². The van der Waals surface area contributed by atoms with Crippen molar-refractivity contribution >= 4 is 34.7 Å². The van der Waals surface area contributed by atoms with Crippen molar-refractivity contribution in [3.8, 4) is 11.3 Å². The Bertz CT molecular complexity index is 1030. The SMILES string of the molecule is Clc1ccc(CNc2c(-c3ccccc3)nc3ccccn23)cc1Cl. The van der Waals surface area contributed by atoms with Crippen molar-refractivity contribution in [2.75, 3.05) is 5.32 Å². The monoisotopic (exact) mass is 367 g/mol. The second kappa shape index (κ2) is 6.79. The van der Waals surface area contributed by atoms with Gasteiger partial charge in [0, 0.05) is 18.3 Å². The molecular weight excluding hydrogens is 353 g/mol. The number of aromatic nitrogens is 2. The molecule has 2 heterocycles. The summed E-state index contributed by atoms with van der Waals surface area (Å²) in [6.07, 6.45) is 2.01. The molecular formula is C20H15Cl2N3. The molecule has 0 aliphatic rings. The van der Waals surface area contributed by atoms with Crippen molar-refractivity contribution in [2.24, 2.45) is 0 Å². The van der Waals surface area contributed by atoms with Crippen LogP contribution >= 0.6 is 23.2 Å².